The van der Waals surface area contributed by atoms with Gasteiger partial charge in [0.2, 0.25) is 0 Å². The van der Waals surface area contributed by atoms with Gasteiger partial charge in [0.15, 0.2) is 0 Å². The van der Waals surface area contributed by atoms with Crippen LogP contribution in [0.4, 0.5) is 0 Å². The van der Waals surface area contributed by atoms with Crippen molar-refractivity contribution in [2.24, 2.45) is 11.8 Å². The van der Waals surface area contributed by atoms with Crippen molar-refractivity contribution >= 4 is 0 Å². The molecule has 3 atom stereocenters. The average molecular weight is 259 g/mol. The molecule has 2 heteroatoms. The van der Waals surface area contributed by atoms with E-state index in [2.05, 4.69) is 36.5 Å². The third kappa shape index (κ3) is 3.11. The summed E-state index contributed by atoms with van der Waals surface area (Å²) in [6.45, 7) is 4.41. The van der Waals surface area contributed by atoms with E-state index in [1.54, 1.807) is 0 Å². The van der Waals surface area contributed by atoms with E-state index in [1.165, 1.54) is 37.8 Å². The molecule has 1 aliphatic carbocycles. The molecule has 0 aromatic heterocycles. The van der Waals surface area contributed by atoms with E-state index in [1.807, 2.05) is 0 Å². The Bertz CT molecular complexity index is 417. The van der Waals surface area contributed by atoms with Gasteiger partial charge in [-0.3, -0.25) is 0 Å². The lowest BCUT2D eigenvalue weighted by molar-refractivity contribution is 0.230. The van der Waals surface area contributed by atoms with Crippen LogP contribution in [0.5, 0.6) is 5.75 Å². The van der Waals surface area contributed by atoms with Crippen LogP contribution in [0, 0.1) is 11.8 Å². The fourth-order valence-electron chi connectivity index (χ4n) is 3.61. The Morgan fingerprint density at radius 2 is 2.11 bits per heavy atom. The minimum absolute atomic E-state index is 0.488. The molecule has 0 saturated heterocycles. The zero-order valence-corrected chi connectivity index (χ0v) is 11.9. The van der Waals surface area contributed by atoms with Crippen LogP contribution in [0.2, 0.25) is 0 Å². The first kappa shape index (κ1) is 13.0. The molecule has 1 saturated carbocycles. The van der Waals surface area contributed by atoms with Gasteiger partial charge >= 0.3 is 0 Å². The quantitative estimate of drug-likeness (QED) is 0.888. The van der Waals surface area contributed by atoms with Gasteiger partial charge in [-0.1, -0.05) is 38.0 Å². The fraction of sp³-hybridized carbons (Fsp3) is 0.647. The Kier molecular flexibility index (Phi) is 4.07. The van der Waals surface area contributed by atoms with E-state index in [0.717, 1.165) is 30.6 Å². The van der Waals surface area contributed by atoms with Gasteiger partial charge in [-0.25, -0.2) is 0 Å². The standard InChI is InChI=1S/C17H25NO/c1-13-5-4-6-14(11-13)12-18-16-9-10-19-17-8-3-2-7-15(16)17/h2-3,7-8,13-14,16,18H,4-6,9-12H2,1H3. The maximum absolute atomic E-state index is 5.72. The zero-order chi connectivity index (χ0) is 13.1. The first-order valence-electron chi connectivity index (χ1n) is 7.78. The first-order valence-corrected chi connectivity index (χ1v) is 7.78. The largest absolute Gasteiger partial charge is 0.493 e. The van der Waals surface area contributed by atoms with Crippen LogP contribution in [0.25, 0.3) is 0 Å². The molecule has 2 nitrogen and oxygen atoms in total. The van der Waals surface area contributed by atoms with Gasteiger partial charge in [0.25, 0.3) is 0 Å². The van der Waals surface area contributed by atoms with Crippen LogP contribution in [0.15, 0.2) is 24.3 Å². The minimum Gasteiger partial charge on any atom is -0.493 e. The number of benzene rings is 1. The molecule has 1 aliphatic heterocycles. The van der Waals surface area contributed by atoms with E-state index in [-0.39, 0.29) is 0 Å². The predicted octanol–water partition coefficient (Wildman–Crippen LogP) is 3.93. The van der Waals surface area contributed by atoms with Gasteiger partial charge in [0, 0.05) is 18.0 Å². The molecule has 0 radical (unpaired) electrons. The molecule has 1 aromatic rings. The van der Waals surface area contributed by atoms with Crippen molar-refractivity contribution in [1.82, 2.24) is 5.32 Å². The molecule has 1 aromatic carbocycles. The molecule has 3 unspecified atom stereocenters. The van der Waals surface area contributed by atoms with Gasteiger partial charge in [-0.15, -0.1) is 0 Å². The van der Waals surface area contributed by atoms with Gasteiger partial charge in [-0.05, 0) is 37.3 Å². The lowest BCUT2D eigenvalue weighted by Gasteiger charge is -2.31. The second-order valence-electron chi connectivity index (χ2n) is 6.27. The van der Waals surface area contributed by atoms with Crippen LogP contribution in [-0.4, -0.2) is 13.2 Å². The third-order valence-electron chi connectivity index (χ3n) is 4.66. The lowest BCUT2D eigenvalue weighted by atomic mass is 9.82. The summed E-state index contributed by atoms with van der Waals surface area (Å²) in [4.78, 5) is 0. The highest BCUT2D eigenvalue weighted by atomic mass is 16.5. The predicted molar refractivity (Wildman–Crippen MR) is 78.4 cm³/mol. The maximum atomic E-state index is 5.72. The van der Waals surface area contributed by atoms with Gasteiger partial charge in [-0.2, -0.15) is 0 Å². The summed E-state index contributed by atoms with van der Waals surface area (Å²) in [5, 5.41) is 3.79. The van der Waals surface area contributed by atoms with Crippen molar-refractivity contribution in [3.05, 3.63) is 29.8 Å². The normalized spacial score (nSPS) is 30.5. The zero-order valence-electron chi connectivity index (χ0n) is 11.9. The van der Waals surface area contributed by atoms with Crippen LogP contribution in [-0.2, 0) is 0 Å². The van der Waals surface area contributed by atoms with Crippen molar-refractivity contribution in [3.63, 3.8) is 0 Å². The van der Waals surface area contributed by atoms with Crippen LogP contribution < -0.4 is 10.1 Å². The summed E-state index contributed by atoms with van der Waals surface area (Å²) in [6, 6.07) is 8.96. The highest BCUT2D eigenvalue weighted by molar-refractivity contribution is 5.37. The van der Waals surface area contributed by atoms with Crippen molar-refractivity contribution in [3.8, 4) is 5.75 Å². The van der Waals surface area contributed by atoms with Crippen molar-refractivity contribution < 1.29 is 4.74 Å². The molecule has 1 fully saturated rings. The topological polar surface area (TPSA) is 21.3 Å². The Morgan fingerprint density at radius 3 is 3.00 bits per heavy atom. The smallest absolute Gasteiger partial charge is 0.124 e. The van der Waals surface area contributed by atoms with E-state index < -0.39 is 0 Å². The molecule has 2 aliphatic rings. The Balaban J connectivity index is 1.59. The van der Waals surface area contributed by atoms with Crippen molar-refractivity contribution in [1.29, 1.82) is 0 Å². The highest BCUT2D eigenvalue weighted by Crippen LogP contribution is 2.33. The Morgan fingerprint density at radius 1 is 1.21 bits per heavy atom. The number of para-hydroxylation sites is 1. The van der Waals surface area contributed by atoms with Gasteiger partial charge in [0.05, 0.1) is 6.61 Å². The average Bonchev–Trinajstić information content (AvgIpc) is 2.45. The summed E-state index contributed by atoms with van der Waals surface area (Å²) in [5.74, 6) is 2.87. The van der Waals surface area contributed by atoms with E-state index in [9.17, 15) is 0 Å². The SMILES string of the molecule is CC1CCCC(CNC2CCOc3ccccc32)C1. The number of nitrogens with one attached hydrogen (secondary N) is 1. The molecule has 0 spiro atoms. The summed E-state index contributed by atoms with van der Waals surface area (Å²) in [5.41, 5.74) is 1.35. The fourth-order valence-corrected chi connectivity index (χ4v) is 3.61. The van der Waals surface area contributed by atoms with Gasteiger partial charge in [0.1, 0.15) is 5.75 Å². The minimum atomic E-state index is 0.488. The van der Waals surface area contributed by atoms with Crippen molar-refractivity contribution in [2.45, 2.75) is 45.1 Å². The van der Waals surface area contributed by atoms with Crippen LogP contribution >= 0.6 is 0 Å². The second-order valence-corrected chi connectivity index (χ2v) is 6.27. The highest BCUT2D eigenvalue weighted by Gasteiger charge is 2.23. The summed E-state index contributed by atoms with van der Waals surface area (Å²) in [7, 11) is 0. The number of rotatable bonds is 3. The summed E-state index contributed by atoms with van der Waals surface area (Å²) < 4.78 is 5.72. The third-order valence-corrected chi connectivity index (χ3v) is 4.66. The first-order chi connectivity index (χ1) is 9.33. The number of hydrogen-bond donors (Lipinski definition) is 1. The monoisotopic (exact) mass is 259 g/mol. The number of fused-ring (bicyclic) bond motifs is 1. The van der Waals surface area contributed by atoms with E-state index in [0.29, 0.717) is 6.04 Å². The molecule has 0 bridgehead atoms. The Hall–Kier alpha value is -1.02. The maximum Gasteiger partial charge on any atom is 0.124 e. The van der Waals surface area contributed by atoms with E-state index in [4.69, 9.17) is 4.74 Å². The molecular weight excluding hydrogens is 234 g/mol. The van der Waals surface area contributed by atoms with Crippen LogP contribution in [0.1, 0.15) is 50.6 Å². The van der Waals surface area contributed by atoms with Crippen LogP contribution in [0.3, 0.4) is 0 Å². The molecule has 1 heterocycles. The molecule has 19 heavy (non-hydrogen) atoms. The molecule has 0 amide bonds. The molecule has 104 valence electrons. The molecule has 3 rings (SSSR count). The van der Waals surface area contributed by atoms with E-state index >= 15 is 0 Å². The van der Waals surface area contributed by atoms with Gasteiger partial charge < -0.3 is 10.1 Å². The summed E-state index contributed by atoms with van der Waals surface area (Å²) >= 11 is 0. The lowest BCUT2D eigenvalue weighted by Crippen LogP contribution is -2.32. The number of hydrogen-bond acceptors (Lipinski definition) is 2. The number of ether oxygens (including phenoxy) is 1. The molecule has 1 N–H and O–H groups in total. The summed E-state index contributed by atoms with van der Waals surface area (Å²) in [6.07, 6.45) is 6.74. The molecular formula is C17H25NO. The Labute approximate surface area is 116 Å². The van der Waals surface area contributed by atoms with Crippen molar-refractivity contribution in [2.75, 3.05) is 13.2 Å². The second kappa shape index (κ2) is 5.96.